The minimum Gasteiger partial charge on any atom is -0.454 e. The number of carbonyl (C=O) groups is 3. The van der Waals surface area contributed by atoms with Gasteiger partial charge in [0, 0.05) is 18.1 Å². The molecular formula is C19H24Cl2N2O4. The number of ether oxygens (including phenoxy) is 1. The van der Waals surface area contributed by atoms with Gasteiger partial charge in [0.05, 0.1) is 10.6 Å². The van der Waals surface area contributed by atoms with E-state index in [1.807, 2.05) is 0 Å². The van der Waals surface area contributed by atoms with Crippen LogP contribution in [0.4, 0.5) is 0 Å². The molecule has 27 heavy (non-hydrogen) atoms. The van der Waals surface area contributed by atoms with Crippen molar-refractivity contribution in [2.24, 2.45) is 5.92 Å². The Hall–Kier alpha value is -1.79. The van der Waals surface area contributed by atoms with Crippen LogP contribution in [0.2, 0.25) is 10.0 Å². The number of nitrogens with one attached hydrogen (secondary N) is 1. The molecule has 2 rings (SSSR count). The number of rotatable bonds is 6. The number of halogens is 2. The highest BCUT2D eigenvalue weighted by Crippen LogP contribution is 2.26. The summed E-state index contributed by atoms with van der Waals surface area (Å²) in [6.07, 6.45) is 4.13. The molecule has 0 radical (unpaired) electrons. The van der Waals surface area contributed by atoms with Gasteiger partial charge in [0.25, 0.3) is 11.8 Å². The molecule has 0 unspecified atom stereocenters. The zero-order chi connectivity index (χ0) is 20.0. The van der Waals surface area contributed by atoms with E-state index in [2.05, 4.69) is 12.2 Å². The molecule has 0 bridgehead atoms. The van der Waals surface area contributed by atoms with E-state index in [4.69, 9.17) is 27.9 Å². The van der Waals surface area contributed by atoms with Crippen molar-refractivity contribution < 1.29 is 19.1 Å². The lowest BCUT2D eigenvalue weighted by Crippen LogP contribution is -2.42. The Balaban J connectivity index is 1.73. The maximum Gasteiger partial charge on any atom is 0.325 e. The normalized spacial score (nSPS) is 19.3. The highest BCUT2D eigenvalue weighted by Gasteiger charge is 2.25. The number of amides is 2. The Labute approximate surface area is 169 Å². The highest BCUT2D eigenvalue weighted by atomic mass is 35.5. The van der Waals surface area contributed by atoms with E-state index in [1.165, 1.54) is 18.2 Å². The molecule has 0 atom stereocenters. The van der Waals surface area contributed by atoms with Crippen molar-refractivity contribution in [3.8, 4) is 0 Å². The number of hydrogen-bond donors (Lipinski definition) is 1. The van der Waals surface area contributed by atoms with Gasteiger partial charge in [0.15, 0.2) is 6.61 Å². The van der Waals surface area contributed by atoms with E-state index in [9.17, 15) is 14.4 Å². The van der Waals surface area contributed by atoms with E-state index >= 15 is 0 Å². The summed E-state index contributed by atoms with van der Waals surface area (Å²) in [5.41, 5.74) is 0.205. The molecule has 0 spiro atoms. The van der Waals surface area contributed by atoms with Crippen molar-refractivity contribution in [3.05, 3.63) is 33.8 Å². The number of likely N-dealkylation sites (N-methyl/N-ethyl adjacent to an activating group) is 1. The average molecular weight is 415 g/mol. The molecule has 2 amide bonds. The quantitative estimate of drug-likeness (QED) is 0.724. The van der Waals surface area contributed by atoms with Crippen LogP contribution in [0.15, 0.2) is 18.2 Å². The summed E-state index contributed by atoms with van der Waals surface area (Å²) < 4.78 is 4.97. The van der Waals surface area contributed by atoms with Crippen molar-refractivity contribution in [3.63, 3.8) is 0 Å². The van der Waals surface area contributed by atoms with Crippen LogP contribution in [-0.2, 0) is 14.3 Å². The van der Waals surface area contributed by atoms with E-state index in [1.54, 1.807) is 11.9 Å². The lowest BCUT2D eigenvalue weighted by Gasteiger charge is -2.33. The molecule has 148 valence electrons. The largest absolute Gasteiger partial charge is 0.454 e. The molecule has 1 aromatic rings. The molecule has 1 saturated carbocycles. The fourth-order valence-corrected chi connectivity index (χ4v) is 3.54. The Kier molecular flexibility index (Phi) is 7.92. The molecule has 1 N–H and O–H groups in total. The summed E-state index contributed by atoms with van der Waals surface area (Å²) in [4.78, 5) is 37.7. The van der Waals surface area contributed by atoms with Gasteiger partial charge >= 0.3 is 5.97 Å². The Morgan fingerprint density at radius 2 is 1.85 bits per heavy atom. The molecule has 1 fully saturated rings. The monoisotopic (exact) mass is 414 g/mol. The first-order valence-electron chi connectivity index (χ1n) is 8.92. The van der Waals surface area contributed by atoms with Crippen molar-refractivity contribution in [1.29, 1.82) is 0 Å². The number of hydrogen-bond acceptors (Lipinski definition) is 4. The predicted octanol–water partition coefficient (Wildman–Crippen LogP) is 3.30. The zero-order valence-electron chi connectivity index (χ0n) is 15.5. The molecule has 0 aliphatic heterocycles. The molecule has 0 heterocycles. The van der Waals surface area contributed by atoms with Gasteiger partial charge in [-0.15, -0.1) is 0 Å². The molecule has 1 aliphatic carbocycles. The standard InChI is InChI=1S/C19H24Cl2N2O4/c1-12-3-6-14(7-4-12)23(2)17(24)11-27-18(25)10-22-19(26)15-8-5-13(20)9-16(15)21/h5,8-9,12,14H,3-4,6-7,10-11H2,1-2H3,(H,22,26). The molecule has 0 saturated heterocycles. The number of nitrogens with zero attached hydrogens (tertiary/aromatic N) is 1. The van der Waals surface area contributed by atoms with Crippen LogP contribution in [0.5, 0.6) is 0 Å². The lowest BCUT2D eigenvalue weighted by atomic mass is 9.87. The number of benzene rings is 1. The van der Waals surface area contributed by atoms with Gasteiger partial charge in [-0.3, -0.25) is 14.4 Å². The van der Waals surface area contributed by atoms with Crippen molar-refractivity contribution in [1.82, 2.24) is 10.2 Å². The molecular weight excluding hydrogens is 391 g/mol. The number of carbonyl (C=O) groups excluding carboxylic acids is 3. The summed E-state index contributed by atoms with van der Waals surface area (Å²) in [5, 5.41) is 3.01. The summed E-state index contributed by atoms with van der Waals surface area (Å²) in [7, 11) is 1.74. The first kappa shape index (κ1) is 21.5. The minimum atomic E-state index is -0.688. The van der Waals surface area contributed by atoms with Crippen LogP contribution in [0.25, 0.3) is 0 Å². The first-order chi connectivity index (χ1) is 12.8. The maximum absolute atomic E-state index is 12.2. The molecule has 0 aromatic heterocycles. The molecule has 1 aromatic carbocycles. The van der Waals surface area contributed by atoms with Gasteiger partial charge < -0.3 is 15.0 Å². The fraction of sp³-hybridized carbons (Fsp3) is 0.526. The predicted molar refractivity (Wildman–Crippen MR) is 104 cm³/mol. The number of esters is 1. The van der Waals surface area contributed by atoms with Gasteiger partial charge in [-0.05, 0) is 49.8 Å². The van der Waals surface area contributed by atoms with Gasteiger partial charge in [-0.25, -0.2) is 0 Å². The van der Waals surface area contributed by atoms with Crippen molar-refractivity contribution >= 4 is 41.0 Å². The third-order valence-electron chi connectivity index (χ3n) is 4.85. The van der Waals surface area contributed by atoms with E-state index < -0.39 is 11.9 Å². The van der Waals surface area contributed by atoms with Crippen LogP contribution in [-0.4, -0.2) is 48.9 Å². The van der Waals surface area contributed by atoms with Gasteiger partial charge in [-0.1, -0.05) is 30.1 Å². The van der Waals surface area contributed by atoms with Crippen LogP contribution in [0, 0.1) is 5.92 Å². The average Bonchev–Trinajstić information content (AvgIpc) is 2.64. The lowest BCUT2D eigenvalue weighted by molar-refractivity contribution is -0.151. The zero-order valence-corrected chi connectivity index (χ0v) is 17.0. The van der Waals surface area contributed by atoms with E-state index in [0.717, 1.165) is 25.7 Å². The van der Waals surface area contributed by atoms with Crippen LogP contribution in [0.1, 0.15) is 43.0 Å². The Morgan fingerprint density at radius 3 is 2.48 bits per heavy atom. The second kappa shape index (κ2) is 9.95. The molecule has 1 aliphatic rings. The van der Waals surface area contributed by atoms with Crippen LogP contribution < -0.4 is 5.32 Å². The van der Waals surface area contributed by atoms with Gasteiger partial charge in [-0.2, -0.15) is 0 Å². The second-order valence-corrected chi connectivity index (χ2v) is 7.73. The summed E-state index contributed by atoms with van der Waals surface area (Å²) in [6.45, 7) is 1.53. The highest BCUT2D eigenvalue weighted by molar-refractivity contribution is 6.36. The topological polar surface area (TPSA) is 75.7 Å². The SMILES string of the molecule is CC1CCC(N(C)C(=O)COC(=O)CNC(=O)c2ccc(Cl)cc2Cl)CC1. The third-order valence-corrected chi connectivity index (χ3v) is 5.40. The maximum atomic E-state index is 12.2. The Morgan fingerprint density at radius 1 is 1.19 bits per heavy atom. The van der Waals surface area contributed by atoms with Crippen LogP contribution >= 0.6 is 23.2 Å². The second-order valence-electron chi connectivity index (χ2n) is 6.89. The Bertz CT molecular complexity index is 703. The molecule has 8 heteroatoms. The molecule has 6 nitrogen and oxygen atoms in total. The van der Waals surface area contributed by atoms with Crippen molar-refractivity contribution in [2.45, 2.75) is 38.6 Å². The first-order valence-corrected chi connectivity index (χ1v) is 9.68. The summed E-state index contributed by atoms with van der Waals surface area (Å²) in [6, 6.07) is 4.63. The van der Waals surface area contributed by atoms with Gasteiger partial charge in [0.2, 0.25) is 0 Å². The fourth-order valence-electron chi connectivity index (χ4n) is 3.05. The van der Waals surface area contributed by atoms with Crippen LogP contribution in [0.3, 0.4) is 0 Å². The van der Waals surface area contributed by atoms with E-state index in [-0.39, 0.29) is 35.7 Å². The minimum absolute atomic E-state index is 0.187. The third kappa shape index (κ3) is 6.40. The smallest absolute Gasteiger partial charge is 0.325 e. The summed E-state index contributed by atoms with van der Waals surface area (Å²) in [5.74, 6) is -0.754. The summed E-state index contributed by atoms with van der Waals surface area (Å²) >= 11 is 11.7. The van der Waals surface area contributed by atoms with Crippen molar-refractivity contribution in [2.75, 3.05) is 20.2 Å². The van der Waals surface area contributed by atoms with E-state index in [0.29, 0.717) is 10.9 Å². The van der Waals surface area contributed by atoms with Gasteiger partial charge in [0.1, 0.15) is 6.54 Å².